The van der Waals surface area contributed by atoms with E-state index in [1.165, 1.54) is 11.2 Å². The highest BCUT2D eigenvalue weighted by Crippen LogP contribution is 2.34. The highest BCUT2D eigenvalue weighted by Gasteiger charge is 2.45. The lowest BCUT2D eigenvalue weighted by molar-refractivity contribution is -0.124. The molecule has 0 bridgehead atoms. The second-order valence-electron chi connectivity index (χ2n) is 5.83. The molecule has 1 aromatic carbocycles. The lowest BCUT2D eigenvalue weighted by atomic mass is 9.94. The van der Waals surface area contributed by atoms with E-state index in [0.717, 1.165) is 12.0 Å². The number of alkyl halides is 2. The second-order valence-corrected chi connectivity index (χ2v) is 5.83. The molecule has 1 aliphatic rings. The van der Waals surface area contributed by atoms with Gasteiger partial charge in [0.2, 0.25) is 0 Å². The van der Waals surface area contributed by atoms with E-state index in [-0.39, 0.29) is 38.4 Å². The quantitative estimate of drug-likeness (QED) is 0.842. The normalized spacial score (nSPS) is 20.1. The molecule has 24 heavy (non-hydrogen) atoms. The van der Waals surface area contributed by atoms with E-state index in [0.29, 0.717) is 0 Å². The number of hydrogen-bond donors (Lipinski definition) is 0. The third-order valence-corrected chi connectivity index (χ3v) is 4.12. The Bertz CT molecular complexity index is 662. The van der Waals surface area contributed by atoms with Crippen LogP contribution in [0.15, 0.2) is 47.4 Å². The van der Waals surface area contributed by atoms with Gasteiger partial charge in [0.1, 0.15) is 6.26 Å². The number of benzene rings is 1. The van der Waals surface area contributed by atoms with Crippen molar-refractivity contribution < 1.29 is 22.7 Å². The first-order valence-electron chi connectivity index (χ1n) is 7.73. The topological polar surface area (TPSA) is 55.6 Å². The molecule has 7 heteroatoms. The minimum absolute atomic E-state index is 0.00607. The summed E-state index contributed by atoms with van der Waals surface area (Å²) >= 11 is 0. The van der Waals surface area contributed by atoms with Crippen LogP contribution in [0, 0.1) is 5.92 Å². The van der Waals surface area contributed by atoms with E-state index >= 15 is 0 Å². The molecule has 1 aromatic heterocycles. The van der Waals surface area contributed by atoms with E-state index in [2.05, 4.69) is 4.98 Å². The number of oxazole rings is 1. The standard InChI is InChI=1S/C17H18F2N2O3/c18-17(19)6-7-21(16(22)15-11-24-12-20-15)8-14(17)10-23-9-13-4-2-1-3-5-13/h1-5,11-12,14H,6-10H2. The molecule has 1 saturated heterocycles. The Morgan fingerprint density at radius 2 is 2.17 bits per heavy atom. The predicted molar refractivity (Wildman–Crippen MR) is 81.6 cm³/mol. The molecule has 1 unspecified atom stereocenters. The number of carbonyl (C=O) groups is 1. The second kappa shape index (κ2) is 7.09. The predicted octanol–water partition coefficient (Wildman–Crippen LogP) is 2.99. The van der Waals surface area contributed by atoms with Gasteiger partial charge in [0, 0.05) is 19.5 Å². The Kier molecular flexibility index (Phi) is 4.89. The van der Waals surface area contributed by atoms with Gasteiger partial charge in [0.05, 0.1) is 19.1 Å². The van der Waals surface area contributed by atoms with Gasteiger partial charge in [-0.1, -0.05) is 30.3 Å². The maximum absolute atomic E-state index is 14.1. The number of nitrogens with zero attached hydrogens (tertiary/aromatic N) is 2. The minimum atomic E-state index is -2.85. The number of likely N-dealkylation sites (tertiary alicyclic amines) is 1. The number of ether oxygens (including phenoxy) is 1. The number of rotatable bonds is 5. The van der Waals surface area contributed by atoms with Crippen molar-refractivity contribution in [2.75, 3.05) is 19.7 Å². The molecular formula is C17H18F2N2O3. The third-order valence-electron chi connectivity index (χ3n) is 4.12. The van der Waals surface area contributed by atoms with Crippen LogP contribution in [0.2, 0.25) is 0 Å². The molecule has 0 spiro atoms. The molecular weight excluding hydrogens is 318 g/mol. The van der Waals surface area contributed by atoms with Crippen molar-refractivity contribution in [2.45, 2.75) is 19.0 Å². The van der Waals surface area contributed by atoms with Gasteiger partial charge >= 0.3 is 0 Å². The molecule has 1 fully saturated rings. The lowest BCUT2D eigenvalue weighted by Crippen LogP contribution is -2.50. The zero-order chi connectivity index (χ0) is 17.0. The Morgan fingerprint density at radius 1 is 1.38 bits per heavy atom. The van der Waals surface area contributed by atoms with E-state index in [9.17, 15) is 13.6 Å². The number of piperidine rings is 1. The summed E-state index contributed by atoms with van der Waals surface area (Å²) in [5.41, 5.74) is 1.05. The first-order valence-corrected chi connectivity index (χ1v) is 7.73. The van der Waals surface area contributed by atoms with E-state index < -0.39 is 17.7 Å². The first kappa shape index (κ1) is 16.6. The number of amides is 1. The Morgan fingerprint density at radius 3 is 2.88 bits per heavy atom. The van der Waals surface area contributed by atoms with E-state index in [1.54, 1.807) is 0 Å². The summed E-state index contributed by atoms with van der Waals surface area (Å²) in [6.45, 7) is 0.0938. The zero-order valence-corrected chi connectivity index (χ0v) is 13.0. The summed E-state index contributed by atoms with van der Waals surface area (Å²) in [6.07, 6.45) is 1.98. The van der Waals surface area contributed by atoms with Gasteiger partial charge in [-0.05, 0) is 5.56 Å². The molecule has 2 heterocycles. The smallest absolute Gasteiger partial charge is 0.275 e. The average Bonchev–Trinajstić information content (AvgIpc) is 3.11. The summed E-state index contributed by atoms with van der Waals surface area (Å²) in [6, 6.07) is 9.36. The summed E-state index contributed by atoms with van der Waals surface area (Å²) in [4.78, 5) is 17.4. The number of aromatic nitrogens is 1. The molecule has 1 atom stereocenters. The molecule has 0 saturated carbocycles. The van der Waals surface area contributed by atoms with Crippen LogP contribution in [0.25, 0.3) is 0 Å². The maximum atomic E-state index is 14.1. The van der Waals surface area contributed by atoms with Crippen LogP contribution >= 0.6 is 0 Å². The maximum Gasteiger partial charge on any atom is 0.275 e. The van der Waals surface area contributed by atoms with Crippen LogP contribution in [0.4, 0.5) is 8.78 Å². The first-order chi connectivity index (χ1) is 11.6. The highest BCUT2D eigenvalue weighted by atomic mass is 19.3. The number of halogens is 2. The van der Waals surface area contributed by atoms with Crippen LogP contribution < -0.4 is 0 Å². The Balaban J connectivity index is 1.58. The Hall–Kier alpha value is -2.28. The molecule has 1 aliphatic heterocycles. The minimum Gasteiger partial charge on any atom is -0.451 e. The van der Waals surface area contributed by atoms with Gasteiger partial charge in [0.25, 0.3) is 11.8 Å². The summed E-state index contributed by atoms with van der Waals surface area (Å²) < 4.78 is 38.5. The van der Waals surface area contributed by atoms with Crippen molar-refractivity contribution >= 4 is 5.91 Å². The van der Waals surface area contributed by atoms with Crippen molar-refractivity contribution in [1.29, 1.82) is 0 Å². The molecule has 128 valence electrons. The summed E-state index contributed by atoms with van der Waals surface area (Å²) in [7, 11) is 0. The van der Waals surface area contributed by atoms with E-state index in [4.69, 9.17) is 9.15 Å². The average molecular weight is 336 g/mol. The van der Waals surface area contributed by atoms with Crippen LogP contribution in [0.1, 0.15) is 22.5 Å². The van der Waals surface area contributed by atoms with E-state index in [1.807, 2.05) is 30.3 Å². The molecule has 1 amide bonds. The van der Waals surface area contributed by atoms with Gasteiger partial charge in [-0.2, -0.15) is 0 Å². The van der Waals surface area contributed by atoms with Crippen LogP contribution in [-0.2, 0) is 11.3 Å². The molecule has 0 N–H and O–H groups in total. The fraction of sp³-hybridized carbons (Fsp3) is 0.412. The van der Waals surface area contributed by atoms with Crippen molar-refractivity contribution in [3.63, 3.8) is 0 Å². The van der Waals surface area contributed by atoms with Gasteiger partial charge in [-0.25, -0.2) is 13.8 Å². The van der Waals surface area contributed by atoms with Crippen molar-refractivity contribution in [1.82, 2.24) is 9.88 Å². The fourth-order valence-electron chi connectivity index (χ4n) is 2.71. The van der Waals surface area contributed by atoms with Crippen molar-refractivity contribution in [3.05, 3.63) is 54.2 Å². The molecule has 3 rings (SSSR count). The third kappa shape index (κ3) is 3.79. The molecule has 2 aromatic rings. The highest BCUT2D eigenvalue weighted by molar-refractivity contribution is 5.91. The van der Waals surface area contributed by atoms with Crippen LogP contribution in [0.5, 0.6) is 0 Å². The van der Waals surface area contributed by atoms with Crippen LogP contribution in [-0.4, -0.2) is 41.4 Å². The molecule has 0 radical (unpaired) electrons. The molecule has 0 aliphatic carbocycles. The van der Waals surface area contributed by atoms with Crippen molar-refractivity contribution in [3.8, 4) is 0 Å². The van der Waals surface area contributed by atoms with Gasteiger partial charge < -0.3 is 14.1 Å². The SMILES string of the molecule is O=C(c1cocn1)N1CCC(F)(F)C(COCc2ccccc2)C1. The van der Waals surface area contributed by atoms with Gasteiger partial charge in [0.15, 0.2) is 12.1 Å². The fourth-order valence-corrected chi connectivity index (χ4v) is 2.71. The monoisotopic (exact) mass is 336 g/mol. The zero-order valence-electron chi connectivity index (χ0n) is 13.0. The number of carbonyl (C=O) groups excluding carboxylic acids is 1. The van der Waals surface area contributed by atoms with Gasteiger partial charge in [-0.15, -0.1) is 0 Å². The van der Waals surface area contributed by atoms with Gasteiger partial charge in [-0.3, -0.25) is 4.79 Å². The number of hydrogen-bond acceptors (Lipinski definition) is 4. The summed E-state index contributed by atoms with van der Waals surface area (Å²) in [5.74, 6) is -4.28. The lowest BCUT2D eigenvalue weighted by Gasteiger charge is -2.37. The largest absolute Gasteiger partial charge is 0.451 e. The molecule has 5 nitrogen and oxygen atoms in total. The Labute approximate surface area is 138 Å². The van der Waals surface area contributed by atoms with Crippen molar-refractivity contribution in [2.24, 2.45) is 5.92 Å². The summed E-state index contributed by atoms with van der Waals surface area (Å²) in [5, 5.41) is 0. The van der Waals surface area contributed by atoms with Crippen LogP contribution in [0.3, 0.4) is 0 Å².